The summed E-state index contributed by atoms with van der Waals surface area (Å²) in [6.45, 7) is 0.662. The SMILES string of the molecule is COCCCC(CCl)(CCl)C1CCS(=O)(=O)C1. The lowest BCUT2D eigenvalue weighted by molar-refractivity contribution is 0.156. The van der Waals surface area contributed by atoms with Crippen LogP contribution in [-0.4, -0.2) is 45.4 Å². The van der Waals surface area contributed by atoms with Crippen LogP contribution in [0.4, 0.5) is 0 Å². The molecule has 102 valence electrons. The normalized spacial score (nSPS) is 24.1. The molecule has 0 spiro atoms. The molecule has 0 aliphatic carbocycles. The largest absolute Gasteiger partial charge is 0.385 e. The molecule has 0 aromatic heterocycles. The van der Waals surface area contributed by atoms with Gasteiger partial charge in [0.1, 0.15) is 0 Å². The van der Waals surface area contributed by atoms with Gasteiger partial charge in [-0.3, -0.25) is 0 Å². The van der Waals surface area contributed by atoms with E-state index in [1.165, 1.54) is 0 Å². The van der Waals surface area contributed by atoms with Gasteiger partial charge in [0.25, 0.3) is 0 Å². The van der Waals surface area contributed by atoms with E-state index in [-0.39, 0.29) is 22.8 Å². The maximum absolute atomic E-state index is 11.5. The molecule has 1 atom stereocenters. The summed E-state index contributed by atoms with van der Waals surface area (Å²) in [6, 6.07) is 0. The van der Waals surface area contributed by atoms with Crippen LogP contribution < -0.4 is 0 Å². The highest BCUT2D eigenvalue weighted by atomic mass is 35.5. The number of halogens is 2. The molecule has 1 heterocycles. The minimum absolute atomic E-state index is 0.0966. The molecule has 0 aromatic rings. The van der Waals surface area contributed by atoms with Crippen LogP contribution in [-0.2, 0) is 14.6 Å². The number of ether oxygens (including phenoxy) is 1. The lowest BCUT2D eigenvalue weighted by Crippen LogP contribution is -2.35. The fraction of sp³-hybridized carbons (Fsp3) is 1.00. The van der Waals surface area contributed by atoms with Crippen molar-refractivity contribution in [2.75, 3.05) is 37.0 Å². The third-order valence-corrected chi connectivity index (χ3v) is 6.49. The first-order chi connectivity index (χ1) is 7.99. The van der Waals surface area contributed by atoms with Crippen LogP contribution in [0.5, 0.6) is 0 Å². The van der Waals surface area contributed by atoms with E-state index < -0.39 is 9.84 Å². The van der Waals surface area contributed by atoms with Crippen molar-refractivity contribution in [3.05, 3.63) is 0 Å². The Bertz CT molecular complexity index is 326. The monoisotopic (exact) mass is 302 g/mol. The zero-order chi connectivity index (χ0) is 12.9. The Kier molecular flexibility index (Phi) is 6.03. The molecule has 17 heavy (non-hydrogen) atoms. The van der Waals surface area contributed by atoms with Gasteiger partial charge in [-0.05, 0) is 25.2 Å². The predicted octanol–water partition coefficient (Wildman–Crippen LogP) is 2.31. The Morgan fingerprint density at radius 3 is 2.41 bits per heavy atom. The number of hydrogen-bond acceptors (Lipinski definition) is 3. The number of sulfone groups is 1. The number of rotatable bonds is 7. The second kappa shape index (κ2) is 6.60. The zero-order valence-electron chi connectivity index (χ0n) is 10.1. The van der Waals surface area contributed by atoms with Crippen molar-refractivity contribution in [1.29, 1.82) is 0 Å². The van der Waals surface area contributed by atoms with Gasteiger partial charge in [0.15, 0.2) is 9.84 Å². The molecule has 1 aliphatic rings. The average molecular weight is 303 g/mol. The van der Waals surface area contributed by atoms with Gasteiger partial charge >= 0.3 is 0 Å². The molecule has 0 aromatic carbocycles. The van der Waals surface area contributed by atoms with E-state index in [0.29, 0.717) is 24.8 Å². The first-order valence-corrected chi connectivity index (χ1v) is 8.70. The Morgan fingerprint density at radius 2 is 2.00 bits per heavy atom. The summed E-state index contributed by atoms with van der Waals surface area (Å²) in [5, 5.41) is 0. The molecule has 3 nitrogen and oxygen atoms in total. The molecule has 6 heteroatoms. The van der Waals surface area contributed by atoms with Gasteiger partial charge in [-0.15, -0.1) is 23.2 Å². The Balaban J connectivity index is 2.70. The van der Waals surface area contributed by atoms with Gasteiger partial charge in [-0.25, -0.2) is 8.42 Å². The second-order valence-corrected chi connectivity index (χ2v) is 7.59. The molecule has 0 radical (unpaired) electrons. The van der Waals surface area contributed by atoms with E-state index in [9.17, 15) is 8.42 Å². The van der Waals surface area contributed by atoms with Gasteiger partial charge in [-0.2, -0.15) is 0 Å². The molecule has 0 bridgehead atoms. The van der Waals surface area contributed by atoms with Crippen LogP contribution in [0.1, 0.15) is 19.3 Å². The van der Waals surface area contributed by atoms with E-state index in [1.54, 1.807) is 7.11 Å². The van der Waals surface area contributed by atoms with E-state index in [1.807, 2.05) is 0 Å². The van der Waals surface area contributed by atoms with Gasteiger partial charge in [0.05, 0.1) is 11.5 Å². The fourth-order valence-electron chi connectivity index (χ4n) is 2.44. The van der Waals surface area contributed by atoms with E-state index in [2.05, 4.69) is 0 Å². The summed E-state index contributed by atoms with van der Waals surface area (Å²) in [7, 11) is -1.22. The van der Waals surface area contributed by atoms with Crippen molar-refractivity contribution < 1.29 is 13.2 Å². The summed E-state index contributed by atoms with van der Waals surface area (Å²) < 4.78 is 28.1. The highest BCUT2D eigenvalue weighted by Crippen LogP contribution is 2.41. The molecular weight excluding hydrogens is 283 g/mol. The molecule has 1 saturated heterocycles. The van der Waals surface area contributed by atoms with E-state index >= 15 is 0 Å². The van der Waals surface area contributed by atoms with E-state index in [4.69, 9.17) is 27.9 Å². The summed E-state index contributed by atoms with van der Waals surface area (Å²) in [5.74, 6) is 1.44. The van der Waals surface area contributed by atoms with Crippen LogP contribution in [0.15, 0.2) is 0 Å². The summed E-state index contributed by atoms with van der Waals surface area (Å²) in [6.07, 6.45) is 2.38. The Hall–Kier alpha value is 0.490. The molecule has 0 saturated carbocycles. The van der Waals surface area contributed by atoms with Crippen LogP contribution in [0.25, 0.3) is 0 Å². The van der Waals surface area contributed by atoms with Gasteiger partial charge in [0.2, 0.25) is 0 Å². The lowest BCUT2D eigenvalue weighted by Gasteiger charge is -2.35. The van der Waals surface area contributed by atoms with Gasteiger partial charge in [0, 0.05) is 30.9 Å². The standard InChI is InChI=1S/C11H20Cl2O3S/c1-16-5-2-4-11(8-12,9-13)10-3-6-17(14,15)7-10/h10H,2-9H2,1H3. The molecular formula is C11H20Cl2O3S. The Morgan fingerprint density at radius 1 is 1.35 bits per heavy atom. The average Bonchev–Trinajstić information content (AvgIpc) is 2.66. The minimum atomic E-state index is -2.88. The fourth-order valence-corrected chi connectivity index (χ4v) is 5.37. The highest BCUT2D eigenvalue weighted by Gasteiger charge is 2.43. The number of alkyl halides is 2. The lowest BCUT2D eigenvalue weighted by atomic mass is 9.75. The minimum Gasteiger partial charge on any atom is -0.385 e. The summed E-state index contributed by atoms with van der Waals surface area (Å²) in [4.78, 5) is 0. The van der Waals surface area contributed by atoms with Crippen molar-refractivity contribution in [3.8, 4) is 0 Å². The smallest absolute Gasteiger partial charge is 0.150 e. The summed E-state index contributed by atoms with van der Waals surface area (Å²) in [5.41, 5.74) is -0.259. The molecule has 1 unspecified atom stereocenters. The Labute approximate surface area is 114 Å². The second-order valence-electron chi connectivity index (χ2n) is 4.83. The van der Waals surface area contributed by atoms with Crippen molar-refractivity contribution >= 4 is 33.0 Å². The first-order valence-electron chi connectivity index (χ1n) is 5.81. The summed E-state index contributed by atoms with van der Waals surface area (Å²) >= 11 is 12.1. The highest BCUT2D eigenvalue weighted by molar-refractivity contribution is 7.91. The van der Waals surface area contributed by atoms with Crippen molar-refractivity contribution in [2.45, 2.75) is 19.3 Å². The quantitative estimate of drug-likeness (QED) is 0.535. The maximum Gasteiger partial charge on any atom is 0.150 e. The van der Waals surface area contributed by atoms with Crippen LogP contribution in [0, 0.1) is 11.3 Å². The van der Waals surface area contributed by atoms with Gasteiger partial charge < -0.3 is 4.74 Å². The maximum atomic E-state index is 11.5. The van der Waals surface area contributed by atoms with E-state index in [0.717, 1.165) is 12.8 Å². The third kappa shape index (κ3) is 3.98. The molecule has 1 rings (SSSR count). The predicted molar refractivity (Wildman–Crippen MR) is 71.7 cm³/mol. The molecule has 0 amide bonds. The zero-order valence-corrected chi connectivity index (χ0v) is 12.5. The van der Waals surface area contributed by atoms with Crippen molar-refractivity contribution in [3.63, 3.8) is 0 Å². The molecule has 1 aliphatic heterocycles. The van der Waals surface area contributed by atoms with Crippen molar-refractivity contribution in [1.82, 2.24) is 0 Å². The molecule has 1 fully saturated rings. The van der Waals surface area contributed by atoms with Crippen LogP contribution in [0.3, 0.4) is 0 Å². The van der Waals surface area contributed by atoms with Gasteiger partial charge in [-0.1, -0.05) is 0 Å². The number of methoxy groups -OCH3 is 1. The topological polar surface area (TPSA) is 43.4 Å². The van der Waals surface area contributed by atoms with Crippen molar-refractivity contribution in [2.24, 2.45) is 11.3 Å². The third-order valence-electron chi connectivity index (χ3n) is 3.65. The first kappa shape index (κ1) is 15.5. The van der Waals surface area contributed by atoms with Crippen LogP contribution in [0.2, 0.25) is 0 Å². The van der Waals surface area contributed by atoms with Crippen LogP contribution >= 0.6 is 23.2 Å². The number of hydrogen-bond donors (Lipinski definition) is 0. The molecule has 0 N–H and O–H groups in total.